The lowest BCUT2D eigenvalue weighted by Gasteiger charge is -2.10. The van der Waals surface area contributed by atoms with Crippen LogP contribution in [-0.2, 0) is 0 Å². The molecule has 0 aliphatic carbocycles. The first-order valence-corrected chi connectivity index (χ1v) is 10.2. The number of hydrogen-bond acceptors (Lipinski definition) is 6. The molecule has 4 rings (SSSR count). The predicted molar refractivity (Wildman–Crippen MR) is 103 cm³/mol. The van der Waals surface area contributed by atoms with Crippen LogP contribution in [0.1, 0.15) is 18.0 Å². The summed E-state index contributed by atoms with van der Waals surface area (Å²) >= 11 is 4.44. The van der Waals surface area contributed by atoms with Gasteiger partial charge in [0.25, 0.3) is 10.6 Å². The van der Waals surface area contributed by atoms with Crippen LogP contribution in [0.4, 0.5) is 0 Å². The van der Waals surface area contributed by atoms with E-state index >= 15 is 0 Å². The number of fused-ring (bicyclic) bond motifs is 1. The zero-order valence-electron chi connectivity index (χ0n) is 13.1. The first kappa shape index (κ1) is 16.3. The second-order valence-electron chi connectivity index (χ2n) is 5.38. The van der Waals surface area contributed by atoms with Crippen molar-refractivity contribution < 1.29 is 4.73 Å². The summed E-state index contributed by atoms with van der Waals surface area (Å²) in [5.41, 5.74) is 0.788. The van der Waals surface area contributed by atoms with E-state index in [0.717, 1.165) is 20.0 Å². The minimum absolute atomic E-state index is 0.139. The number of thioether (sulfide) groups is 1. The third-order valence-electron chi connectivity index (χ3n) is 3.72. The van der Waals surface area contributed by atoms with E-state index in [1.165, 1.54) is 29.3 Å². The Morgan fingerprint density at radius 1 is 1.28 bits per heavy atom. The van der Waals surface area contributed by atoms with Crippen LogP contribution in [0.5, 0.6) is 0 Å². The number of nitrogens with zero attached hydrogens (tertiary/aromatic N) is 2. The minimum atomic E-state index is -0.146. The van der Waals surface area contributed by atoms with Crippen molar-refractivity contribution in [3.05, 3.63) is 68.7 Å². The van der Waals surface area contributed by atoms with Crippen LogP contribution in [-0.4, -0.2) is 9.97 Å². The maximum atomic E-state index is 12.6. The molecule has 126 valence electrons. The fourth-order valence-electron chi connectivity index (χ4n) is 2.51. The fraction of sp³-hybridized carbons (Fsp3) is 0.118. The summed E-state index contributed by atoms with van der Waals surface area (Å²) in [5.74, 6) is 0.575. The second kappa shape index (κ2) is 6.62. The molecular formula is C17H13N3O2S3. The summed E-state index contributed by atoms with van der Waals surface area (Å²) in [6.45, 7) is 1.93. The highest BCUT2D eigenvalue weighted by Gasteiger charge is 2.19. The van der Waals surface area contributed by atoms with E-state index < -0.39 is 0 Å². The van der Waals surface area contributed by atoms with Crippen LogP contribution in [0, 0.1) is 5.21 Å². The molecule has 4 aromatic rings. The Labute approximate surface area is 155 Å². The standard InChI is InChI=1S/C17H13N3O2S3/c1-10(25-13-6-2-3-7-20(13)22)15-18-16(21)14-11(9-24-17(14)19-15)12-5-4-8-23-12/h2-10H,1H3,(H,18,19,21)/t10-/m1/s1. The van der Waals surface area contributed by atoms with Crippen molar-refractivity contribution in [2.45, 2.75) is 17.2 Å². The lowest BCUT2D eigenvalue weighted by molar-refractivity contribution is -0.645. The molecule has 0 spiro atoms. The van der Waals surface area contributed by atoms with Gasteiger partial charge in [-0.3, -0.25) is 4.79 Å². The van der Waals surface area contributed by atoms with Gasteiger partial charge in [0.1, 0.15) is 10.7 Å². The molecule has 0 unspecified atom stereocenters. The van der Waals surface area contributed by atoms with Crippen molar-refractivity contribution in [3.63, 3.8) is 0 Å². The normalized spacial score (nSPS) is 12.5. The second-order valence-corrected chi connectivity index (χ2v) is 8.55. The smallest absolute Gasteiger partial charge is 0.260 e. The number of thiophene rings is 2. The van der Waals surface area contributed by atoms with E-state index in [9.17, 15) is 10.0 Å². The molecule has 25 heavy (non-hydrogen) atoms. The van der Waals surface area contributed by atoms with Crippen molar-refractivity contribution in [2.75, 3.05) is 0 Å². The van der Waals surface area contributed by atoms with Gasteiger partial charge in [-0.15, -0.1) is 22.7 Å². The van der Waals surface area contributed by atoms with Gasteiger partial charge in [-0.25, -0.2) is 4.98 Å². The number of rotatable bonds is 4. The van der Waals surface area contributed by atoms with Crippen molar-refractivity contribution in [3.8, 4) is 10.4 Å². The molecule has 4 aromatic heterocycles. The maximum Gasteiger partial charge on any atom is 0.260 e. The molecule has 5 nitrogen and oxygen atoms in total. The maximum absolute atomic E-state index is 12.6. The van der Waals surface area contributed by atoms with Crippen LogP contribution in [0.15, 0.2) is 57.1 Å². The summed E-state index contributed by atoms with van der Waals surface area (Å²) in [5, 5.41) is 16.8. The van der Waals surface area contributed by atoms with E-state index in [0.29, 0.717) is 16.2 Å². The molecule has 0 aromatic carbocycles. The van der Waals surface area contributed by atoms with Crippen molar-refractivity contribution in [1.82, 2.24) is 9.97 Å². The Morgan fingerprint density at radius 2 is 2.16 bits per heavy atom. The molecule has 1 atom stereocenters. The quantitative estimate of drug-likeness (QED) is 0.324. The summed E-state index contributed by atoms with van der Waals surface area (Å²) in [6, 6.07) is 9.22. The van der Waals surface area contributed by atoms with E-state index in [1.807, 2.05) is 35.9 Å². The molecule has 0 saturated heterocycles. The van der Waals surface area contributed by atoms with Crippen LogP contribution in [0.25, 0.3) is 20.7 Å². The van der Waals surface area contributed by atoms with Gasteiger partial charge in [0.2, 0.25) is 0 Å². The van der Waals surface area contributed by atoms with Crippen molar-refractivity contribution >= 4 is 44.7 Å². The monoisotopic (exact) mass is 387 g/mol. The average molecular weight is 388 g/mol. The van der Waals surface area contributed by atoms with Gasteiger partial charge < -0.3 is 10.2 Å². The summed E-state index contributed by atoms with van der Waals surface area (Å²) in [4.78, 5) is 21.9. The van der Waals surface area contributed by atoms with E-state index in [4.69, 9.17) is 0 Å². The van der Waals surface area contributed by atoms with Gasteiger partial charge in [0.05, 0.1) is 10.6 Å². The molecule has 0 aliphatic heterocycles. The predicted octanol–water partition coefficient (Wildman–Crippen LogP) is 4.20. The Bertz CT molecular complexity index is 1090. The summed E-state index contributed by atoms with van der Waals surface area (Å²) in [6.07, 6.45) is 1.46. The van der Waals surface area contributed by atoms with Crippen LogP contribution < -0.4 is 10.3 Å². The highest BCUT2D eigenvalue weighted by atomic mass is 32.2. The van der Waals surface area contributed by atoms with Crippen LogP contribution in [0.2, 0.25) is 0 Å². The molecule has 0 fully saturated rings. The van der Waals surface area contributed by atoms with Crippen molar-refractivity contribution in [1.29, 1.82) is 0 Å². The summed E-state index contributed by atoms with van der Waals surface area (Å²) in [7, 11) is 0. The topological polar surface area (TPSA) is 72.7 Å². The fourth-order valence-corrected chi connectivity index (χ4v) is 5.19. The Morgan fingerprint density at radius 3 is 2.92 bits per heavy atom. The zero-order valence-corrected chi connectivity index (χ0v) is 15.6. The highest BCUT2D eigenvalue weighted by molar-refractivity contribution is 7.99. The first-order valence-electron chi connectivity index (χ1n) is 7.53. The van der Waals surface area contributed by atoms with Gasteiger partial charge in [0.15, 0.2) is 6.20 Å². The molecule has 8 heteroatoms. The number of aromatic nitrogens is 3. The van der Waals surface area contributed by atoms with Gasteiger partial charge in [-0.05, 0) is 36.2 Å². The molecule has 0 radical (unpaired) electrons. The third-order valence-corrected chi connectivity index (χ3v) is 6.63. The van der Waals surface area contributed by atoms with Crippen LogP contribution in [0.3, 0.4) is 0 Å². The average Bonchev–Trinajstić information content (AvgIpc) is 3.25. The molecule has 0 bridgehead atoms. The summed E-state index contributed by atoms with van der Waals surface area (Å²) < 4.78 is 0.817. The molecule has 0 amide bonds. The third kappa shape index (κ3) is 3.08. The zero-order chi connectivity index (χ0) is 17.4. The molecule has 4 heterocycles. The lowest BCUT2D eigenvalue weighted by Crippen LogP contribution is -2.28. The van der Waals surface area contributed by atoms with Gasteiger partial charge in [-0.2, -0.15) is 4.73 Å². The molecular weight excluding hydrogens is 374 g/mol. The molecule has 0 saturated carbocycles. The minimum Gasteiger partial charge on any atom is -0.618 e. The largest absolute Gasteiger partial charge is 0.618 e. The molecule has 1 N–H and O–H groups in total. The van der Waals surface area contributed by atoms with Gasteiger partial charge in [-0.1, -0.05) is 6.07 Å². The Hall–Kier alpha value is -2.16. The highest BCUT2D eigenvalue weighted by Crippen LogP contribution is 2.35. The number of aromatic amines is 1. The van der Waals surface area contributed by atoms with E-state index in [-0.39, 0.29) is 10.8 Å². The first-order chi connectivity index (χ1) is 12.1. The number of pyridine rings is 1. The lowest BCUT2D eigenvalue weighted by atomic mass is 10.2. The van der Waals surface area contributed by atoms with Crippen LogP contribution >= 0.6 is 34.4 Å². The molecule has 0 aliphatic rings. The number of H-pyrrole nitrogens is 1. The van der Waals surface area contributed by atoms with Crippen molar-refractivity contribution in [2.24, 2.45) is 0 Å². The Kier molecular flexibility index (Phi) is 4.32. The Balaban J connectivity index is 1.72. The van der Waals surface area contributed by atoms with Gasteiger partial charge in [0, 0.05) is 28.0 Å². The van der Waals surface area contributed by atoms with Gasteiger partial charge >= 0.3 is 0 Å². The van der Waals surface area contributed by atoms with E-state index in [2.05, 4.69) is 9.97 Å². The van der Waals surface area contributed by atoms with E-state index in [1.54, 1.807) is 23.5 Å². The number of hydrogen-bond donors (Lipinski definition) is 1. The number of nitrogens with one attached hydrogen (secondary N) is 1. The SMILES string of the molecule is C[C@@H](Sc1cccc[n+]1[O-])c1nc2scc(-c3cccs3)c2c(=O)[nH]1.